The first-order chi connectivity index (χ1) is 16.0. The first-order valence-corrected chi connectivity index (χ1v) is 10.5. The molecule has 1 amide bonds. The molecular formula is C22H22ClN7O3. The zero-order chi connectivity index (χ0) is 23.4. The highest BCUT2D eigenvalue weighted by Crippen LogP contribution is 2.33. The van der Waals surface area contributed by atoms with Crippen molar-refractivity contribution in [2.75, 3.05) is 30.0 Å². The van der Waals surface area contributed by atoms with Crippen molar-refractivity contribution in [3.8, 4) is 28.6 Å². The van der Waals surface area contributed by atoms with E-state index >= 15 is 0 Å². The molecular weight excluding hydrogens is 446 g/mol. The molecule has 0 atom stereocenters. The molecule has 0 bridgehead atoms. The van der Waals surface area contributed by atoms with Crippen LogP contribution in [-0.4, -0.2) is 39.5 Å². The number of carbonyl (C=O) groups excluding carboxylic acids is 1. The highest BCUT2D eigenvalue weighted by atomic mass is 35.5. The zero-order valence-electron chi connectivity index (χ0n) is 18.0. The molecule has 170 valence electrons. The van der Waals surface area contributed by atoms with Crippen LogP contribution in [0.1, 0.15) is 6.92 Å². The molecule has 2 aromatic carbocycles. The quantitative estimate of drug-likeness (QED) is 0.355. The van der Waals surface area contributed by atoms with Gasteiger partial charge in [0.1, 0.15) is 23.7 Å². The van der Waals surface area contributed by atoms with E-state index in [2.05, 4.69) is 25.9 Å². The smallest absolute Gasteiger partial charge is 0.265 e. The number of nitrogen functional groups attached to an aromatic ring is 1. The third kappa shape index (κ3) is 4.75. The van der Waals surface area contributed by atoms with Gasteiger partial charge in [-0.25, -0.2) is 4.68 Å². The molecule has 33 heavy (non-hydrogen) atoms. The minimum absolute atomic E-state index is 0.126. The number of ether oxygens (including phenoxy) is 1. The predicted molar refractivity (Wildman–Crippen MR) is 126 cm³/mol. The Morgan fingerprint density at radius 1 is 1.21 bits per heavy atom. The molecule has 0 spiro atoms. The molecule has 0 aliphatic heterocycles. The van der Waals surface area contributed by atoms with Crippen molar-refractivity contribution in [3.63, 3.8) is 0 Å². The molecule has 0 radical (unpaired) electrons. The number of amides is 1. The monoisotopic (exact) mass is 467 g/mol. The molecule has 4 rings (SSSR count). The molecule has 0 saturated carbocycles. The number of hydrogen-bond donors (Lipinski definition) is 3. The lowest BCUT2D eigenvalue weighted by atomic mass is 10.2. The number of benzene rings is 2. The Balaban J connectivity index is 1.57. The van der Waals surface area contributed by atoms with Crippen molar-refractivity contribution in [2.45, 2.75) is 13.5 Å². The maximum Gasteiger partial charge on any atom is 0.265 e. The summed E-state index contributed by atoms with van der Waals surface area (Å²) in [5.41, 5.74) is 8.02. The van der Waals surface area contributed by atoms with Crippen LogP contribution >= 0.6 is 11.6 Å². The van der Waals surface area contributed by atoms with Gasteiger partial charge in [0, 0.05) is 17.6 Å². The van der Waals surface area contributed by atoms with Crippen LogP contribution in [0, 0.1) is 0 Å². The van der Waals surface area contributed by atoms with Gasteiger partial charge in [0.25, 0.3) is 5.89 Å². The molecule has 0 aliphatic rings. The lowest BCUT2D eigenvalue weighted by Crippen LogP contribution is -2.21. The van der Waals surface area contributed by atoms with Crippen LogP contribution in [0.15, 0.2) is 53.1 Å². The van der Waals surface area contributed by atoms with Gasteiger partial charge in [0.15, 0.2) is 5.82 Å². The highest BCUT2D eigenvalue weighted by Gasteiger charge is 2.24. The number of anilines is 3. The molecule has 0 aliphatic carbocycles. The zero-order valence-corrected chi connectivity index (χ0v) is 18.8. The summed E-state index contributed by atoms with van der Waals surface area (Å²) in [4.78, 5) is 17.1. The van der Waals surface area contributed by atoms with Crippen LogP contribution < -0.4 is 21.1 Å². The third-order valence-electron chi connectivity index (χ3n) is 4.73. The highest BCUT2D eigenvalue weighted by molar-refractivity contribution is 6.30. The molecule has 10 nitrogen and oxygen atoms in total. The van der Waals surface area contributed by atoms with Gasteiger partial charge in [-0.15, -0.1) is 0 Å². The summed E-state index contributed by atoms with van der Waals surface area (Å²) in [6.07, 6.45) is 0. The molecule has 0 saturated heterocycles. The van der Waals surface area contributed by atoms with Crippen molar-refractivity contribution in [2.24, 2.45) is 0 Å². The van der Waals surface area contributed by atoms with Gasteiger partial charge in [-0.3, -0.25) is 4.79 Å². The predicted octanol–water partition coefficient (Wildman–Crippen LogP) is 3.91. The number of halogens is 1. The third-order valence-corrected chi connectivity index (χ3v) is 4.98. The molecule has 2 aromatic heterocycles. The summed E-state index contributed by atoms with van der Waals surface area (Å²) in [7, 11) is 1.69. The van der Waals surface area contributed by atoms with Crippen molar-refractivity contribution >= 4 is 34.8 Å². The van der Waals surface area contributed by atoms with Gasteiger partial charge < -0.3 is 25.6 Å². The van der Waals surface area contributed by atoms with Crippen molar-refractivity contribution in [1.82, 2.24) is 19.9 Å². The summed E-state index contributed by atoms with van der Waals surface area (Å²) in [5, 5.41) is 14.8. The Morgan fingerprint density at radius 2 is 1.97 bits per heavy atom. The van der Waals surface area contributed by atoms with E-state index in [4.69, 9.17) is 26.6 Å². The van der Waals surface area contributed by atoms with Gasteiger partial charge in [-0.2, -0.15) is 10.1 Å². The lowest BCUT2D eigenvalue weighted by molar-refractivity contribution is -0.116. The molecule has 4 aromatic rings. The van der Waals surface area contributed by atoms with Crippen LogP contribution in [0.25, 0.3) is 22.8 Å². The summed E-state index contributed by atoms with van der Waals surface area (Å²) < 4.78 is 12.3. The average molecular weight is 468 g/mol. The fourth-order valence-corrected chi connectivity index (χ4v) is 3.33. The van der Waals surface area contributed by atoms with E-state index in [1.807, 2.05) is 19.1 Å². The van der Waals surface area contributed by atoms with Crippen LogP contribution in [0.2, 0.25) is 5.02 Å². The normalized spacial score (nSPS) is 10.8. The van der Waals surface area contributed by atoms with Gasteiger partial charge in [-0.05, 0) is 43.3 Å². The number of rotatable bonds is 8. The van der Waals surface area contributed by atoms with Crippen LogP contribution in [-0.2, 0) is 11.3 Å². The summed E-state index contributed by atoms with van der Waals surface area (Å²) in [6, 6.07) is 14.2. The fourth-order valence-electron chi connectivity index (χ4n) is 3.20. The fraction of sp³-hybridized carbons (Fsp3) is 0.182. The van der Waals surface area contributed by atoms with Crippen LogP contribution in [0.5, 0.6) is 5.75 Å². The maximum absolute atomic E-state index is 12.7. The molecule has 0 fully saturated rings. The lowest BCUT2D eigenvalue weighted by Gasteiger charge is -2.11. The minimum atomic E-state index is -0.321. The van der Waals surface area contributed by atoms with Gasteiger partial charge >= 0.3 is 0 Å². The Morgan fingerprint density at radius 3 is 2.70 bits per heavy atom. The molecule has 0 unspecified atom stereocenters. The second-order valence-corrected chi connectivity index (χ2v) is 7.36. The standard InChI is InChI=1S/C22H22ClN7O3/c1-3-32-16-7-5-4-6-15(16)26-17(31)12-30-19(24)18(21(25-2)28-30)22-27-20(29-33-22)13-8-10-14(23)11-9-13/h4-11H,3,12,24H2,1-2H3,(H,25,28)(H,26,31). The van der Waals surface area contributed by atoms with Gasteiger partial charge in [0.2, 0.25) is 11.7 Å². The molecule has 11 heteroatoms. The number of nitrogens with two attached hydrogens (primary N) is 1. The van der Waals surface area contributed by atoms with Crippen LogP contribution in [0.3, 0.4) is 0 Å². The Kier molecular flexibility index (Phi) is 6.45. The number of nitrogens with zero attached hydrogens (tertiary/aromatic N) is 4. The Labute approximate surface area is 194 Å². The summed E-state index contributed by atoms with van der Waals surface area (Å²) >= 11 is 5.94. The number of nitrogens with one attached hydrogen (secondary N) is 2. The Bertz CT molecular complexity index is 1270. The van der Waals surface area contributed by atoms with E-state index in [-0.39, 0.29) is 24.2 Å². The number of aromatic nitrogens is 4. The van der Waals surface area contributed by atoms with E-state index < -0.39 is 0 Å². The Hall–Kier alpha value is -4.05. The number of para-hydroxylation sites is 2. The average Bonchev–Trinajstić information content (AvgIpc) is 3.40. The SMILES string of the molecule is CCOc1ccccc1NC(=O)Cn1nc(NC)c(-c2nc(-c3ccc(Cl)cc3)no2)c1N. The van der Waals surface area contributed by atoms with E-state index in [0.29, 0.717) is 40.3 Å². The second-order valence-electron chi connectivity index (χ2n) is 6.92. The largest absolute Gasteiger partial charge is 0.492 e. The van der Waals surface area contributed by atoms with E-state index in [1.165, 1.54) is 4.68 Å². The van der Waals surface area contributed by atoms with Gasteiger partial charge in [0.05, 0.1) is 12.3 Å². The van der Waals surface area contributed by atoms with Crippen molar-refractivity contribution in [3.05, 3.63) is 53.6 Å². The van der Waals surface area contributed by atoms with Gasteiger partial charge in [-0.1, -0.05) is 28.9 Å². The summed E-state index contributed by atoms with van der Waals surface area (Å²) in [6.45, 7) is 2.23. The van der Waals surface area contributed by atoms with E-state index in [1.54, 1.807) is 43.4 Å². The topological polar surface area (TPSA) is 133 Å². The number of hydrogen-bond acceptors (Lipinski definition) is 8. The van der Waals surface area contributed by atoms with Crippen LogP contribution in [0.4, 0.5) is 17.3 Å². The van der Waals surface area contributed by atoms with E-state index in [9.17, 15) is 4.79 Å². The molecule has 2 heterocycles. The van der Waals surface area contributed by atoms with Crippen molar-refractivity contribution in [1.29, 1.82) is 0 Å². The van der Waals surface area contributed by atoms with E-state index in [0.717, 1.165) is 5.56 Å². The molecule has 4 N–H and O–H groups in total. The van der Waals surface area contributed by atoms with Crippen molar-refractivity contribution < 1.29 is 14.1 Å². The second kappa shape index (κ2) is 9.61. The summed E-state index contributed by atoms with van der Waals surface area (Å²) in [5.74, 6) is 1.42. The minimum Gasteiger partial charge on any atom is -0.492 e. The maximum atomic E-state index is 12.7. The first kappa shape index (κ1) is 22.2. The first-order valence-electron chi connectivity index (χ1n) is 10.2. The number of carbonyl (C=O) groups is 1.